The molecule has 6 aromatic carbocycles. The third-order valence-corrected chi connectivity index (χ3v) is 13.4. The Bertz CT molecular complexity index is 2550. The van der Waals surface area contributed by atoms with Gasteiger partial charge in [-0.3, -0.25) is 0 Å². The first-order valence-corrected chi connectivity index (χ1v) is 19.8. The van der Waals surface area contributed by atoms with Crippen molar-refractivity contribution in [3.05, 3.63) is 191 Å². The van der Waals surface area contributed by atoms with Gasteiger partial charge in [-0.15, -0.1) is 0 Å². The molecule has 0 radical (unpaired) electrons. The SMILES string of the molecule is [C-]#[N+]c1ccc(-c2nc(-c3ccccc3)nc(-c3ccc4c(c3)C(c3ccccc3)(c3ccccc3)c3cc(C56CC7CC(CC(C7)C5)C6)ccc3-4)n2)cc1. The van der Waals surface area contributed by atoms with Gasteiger partial charge in [0.05, 0.1) is 12.0 Å². The molecule has 12 rings (SSSR count). The van der Waals surface area contributed by atoms with E-state index in [1.165, 1.54) is 71.9 Å². The molecule has 4 heteroatoms. The van der Waals surface area contributed by atoms with Crippen molar-refractivity contribution in [3.63, 3.8) is 0 Å². The Morgan fingerprint density at radius 3 is 1.45 bits per heavy atom. The Hall–Kier alpha value is -6.18. The lowest BCUT2D eigenvalue weighted by molar-refractivity contribution is -0.00522. The monoisotopic (exact) mass is 708 g/mol. The minimum absolute atomic E-state index is 0.283. The Labute approximate surface area is 322 Å². The first-order chi connectivity index (χ1) is 27.1. The van der Waals surface area contributed by atoms with Crippen molar-refractivity contribution in [1.29, 1.82) is 0 Å². The number of fused-ring (bicyclic) bond motifs is 3. The van der Waals surface area contributed by atoms with E-state index in [2.05, 4.69) is 102 Å². The maximum atomic E-state index is 7.46. The second-order valence-corrected chi connectivity index (χ2v) is 16.5. The predicted octanol–water partition coefficient (Wildman–Crippen LogP) is 12.3. The van der Waals surface area contributed by atoms with Crippen molar-refractivity contribution < 1.29 is 0 Å². The van der Waals surface area contributed by atoms with Crippen LogP contribution in [0, 0.1) is 24.3 Å². The van der Waals surface area contributed by atoms with E-state index in [1.54, 1.807) is 5.56 Å². The summed E-state index contributed by atoms with van der Waals surface area (Å²) < 4.78 is 0. The second kappa shape index (κ2) is 12.4. The van der Waals surface area contributed by atoms with Crippen LogP contribution in [0.15, 0.2) is 152 Å². The zero-order valence-electron chi connectivity index (χ0n) is 30.7. The van der Waals surface area contributed by atoms with Crippen LogP contribution in [0.1, 0.15) is 66.3 Å². The third-order valence-electron chi connectivity index (χ3n) is 13.4. The quantitative estimate of drug-likeness (QED) is 0.162. The van der Waals surface area contributed by atoms with E-state index in [-0.39, 0.29) is 5.41 Å². The second-order valence-electron chi connectivity index (χ2n) is 16.5. The summed E-state index contributed by atoms with van der Waals surface area (Å²) in [7, 11) is 0. The Kier molecular flexibility index (Phi) is 7.29. The Morgan fingerprint density at radius 2 is 0.909 bits per heavy atom. The van der Waals surface area contributed by atoms with Gasteiger partial charge in [0.1, 0.15) is 0 Å². The Morgan fingerprint density at radius 1 is 0.455 bits per heavy atom. The molecule has 4 nitrogen and oxygen atoms in total. The van der Waals surface area contributed by atoms with Crippen LogP contribution < -0.4 is 0 Å². The van der Waals surface area contributed by atoms with E-state index in [0.717, 1.165) is 34.4 Å². The molecule has 7 aromatic rings. The number of nitrogens with zero attached hydrogens (tertiary/aromatic N) is 4. The van der Waals surface area contributed by atoms with Crippen molar-refractivity contribution in [1.82, 2.24) is 15.0 Å². The van der Waals surface area contributed by atoms with Gasteiger partial charge in [-0.05, 0) is 107 Å². The first kappa shape index (κ1) is 32.3. The van der Waals surface area contributed by atoms with Crippen LogP contribution in [0.3, 0.4) is 0 Å². The van der Waals surface area contributed by atoms with Crippen molar-refractivity contribution in [2.24, 2.45) is 17.8 Å². The summed E-state index contributed by atoms with van der Waals surface area (Å²) in [5.41, 5.74) is 12.3. The van der Waals surface area contributed by atoms with E-state index >= 15 is 0 Å². The first-order valence-electron chi connectivity index (χ1n) is 19.8. The zero-order chi connectivity index (χ0) is 36.6. The molecule has 0 N–H and O–H groups in total. The van der Waals surface area contributed by atoms with E-state index in [1.807, 2.05) is 54.6 Å². The lowest BCUT2D eigenvalue weighted by Gasteiger charge is -2.57. The fourth-order valence-corrected chi connectivity index (χ4v) is 11.5. The van der Waals surface area contributed by atoms with E-state index < -0.39 is 5.41 Å². The minimum Gasteiger partial charge on any atom is -0.238 e. The maximum absolute atomic E-state index is 7.46. The summed E-state index contributed by atoms with van der Waals surface area (Å²) in [5.74, 6) is 4.47. The molecule has 1 heterocycles. The molecule has 264 valence electrons. The number of aromatic nitrogens is 3. The molecule has 0 atom stereocenters. The summed E-state index contributed by atoms with van der Waals surface area (Å²) in [4.78, 5) is 18.9. The van der Waals surface area contributed by atoms with Gasteiger partial charge in [0, 0.05) is 16.7 Å². The van der Waals surface area contributed by atoms with Crippen LogP contribution in [0.25, 0.3) is 50.1 Å². The smallest absolute Gasteiger partial charge is 0.187 e. The van der Waals surface area contributed by atoms with Gasteiger partial charge in [-0.1, -0.05) is 146 Å². The van der Waals surface area contributed by atoms with Gasteiger partial charge in [-0.2, -0.15) is 0 Å². The Balaban J connectivity index is 1.14. The van der Waals surface area contributed by atoms with Gasteiger partial charge in [0.2, 0.25) is 0 Å². The molecule has 0 unspecified atom stereocenters. The maximum Gasteiger partial charge on any atom is 0.187 e. The molecule has 0 spiro atoms. The van der Waals surface area contributed by atoms with Crippen LogP contribution in [-0.2, 0) is 10.8 Å². The van der Waals surface area contributed by atoms with Gasteiger partial charge in [0.15, 0.2) is 23.2 Å². The van der Waals surface area contributed by atoms with Crippen molar-refractivity contribution in [2.45, 2.75) is 49.4 Å². The average Bonchev–Trinajstić information content (AvgIpc) is 3.54. The lowest BCUT2D eigenvalue weighted by atomic mass is 9.48. The predicted molar refractivity (Wildman–Crippen MR) is 220 cm³/mol. The standard InChI is InChI=1S/C51H40N4/c1-52-42-21-17-37(18-22-42)48-53-47(36-11-5-2-6-12-36)54-49(55-48)38-19-23-43-44-24-20-41(50-30-33-25-34(31-50)27-35(26-33)32-50)29-46(44)51(45(43)28-38,39-13-7-3-8-14-39)40-15-9-4-10-16-40/h2-24,28-29,33-35H,25-27,30-32H2. The number of rotatable bonds is 6. The summed E-state index contributed by atoms with van der Waals surface area (Å²) in [6.07, 6.45) is 8.33. The third kappa shape index (κ3) is 5.06. The van der Waals surface area contributed by atoms with Crippen molar-refractivity contribution in [3.8, 4) is 45.3 Å². The molecule has 0 saturated heterocycles. The summed E-state index contributed by atoms with van der Waals surface area (Å²) >= 11 is 0. The van der Waals surface area contributed by atoms with E-state index in [0.29, 0.717) is 23.2 Å². The minimum atomic E-state index is -0.533. The van der Waals surface area contributed by atoms with Gasteiger partial charge in [0.25, 0.3) is 0 Å². The molecule has 4 saturated carbocycles. The van der Waals surface area contributed by atoms with Crippen LogP contribution in [0.2, 0.25) is 0 Å². The van der Waals surface area contributed by atoms with Crippen LogP contribution in [-0.4, -0.2) is 15.0 Å². The highest BCUT2D eigenvalue weighted by atomic mass is 15.0. The van der Waals surface area contributed by atoms with Crippen molar-refractivity contribution in [2.75, 3.05) is 0 Å². The molecular weight excluding hydrogens is 669 g/mol. The fraction of sp³-hybridized carbons (Fsp3) is 0.216. The molecular formula is C51H40N4. The lowest BCUT2D eigenvalue weighted by Crippen LogP contribution is -2.48. The highest BCUT2D eigenvalue weighted by Crippen LogP contribution is 2.63. The molecule has 0 amide bonds. The molecule has 4 fully saturated rings. The highest BCUT2D eigenvalue weighted by molar-refractivity contribution is 5.88. The molecule has 5 aliphatic rings. The van der Waals surface area contributed by atoms with Gasteiger partial charge in [-0.25, -0.2) is 19.8 Å². The van der Waals surface area contributed by atoms with Gasteiger partial charge >= 0.3 is 0 Å². The summed E-state index contributed by atoms with van der Waals surface area (Å²) in [6.45, 7) is 7.46. The van der Waals surface area contributed by atoms with E-state index in [9.17, 15) is 0 Å². The summed E-state index contributed by atoms with van der Waals surface area (Å²) in [6, 6.07) is 54.4. The molecule has 5 aliphatic carbocycles. The zero-order valence-corrected chi connectivity index (χ0v) is 30.7. The fourth-order valence-electron chi connectivity index (χ4n) is 11.5. The molecule has 1 aromatic heterocycles. The largest absolute Gasteiger partial charge is 0.238 e. The van der Waals surface area contributed by atoms with Gasteiger partial charge < -0.3 is 0 Å². The molecule has 55 heavy (non-hydrogen) atoms. The molecule has 4 bridgehead atoms. The average molecular weight is 709 g/mol. The van der Waals surface area contributed by atoms with Crippen LogP contribution in [0.4, 0.5) is 5.69 Å². The number of hydrogen-bond donors (Lipinski definition) is 0. The number of hydrogen-bond acceptors (Lipinski definition) is 3. The normalized spacial score (nSPS) is 22.5. The summed E-state index contributed by atoms with van der Waals surface area (Å²) in [5, 5.41) is 0. The van der Waals surface area contributed by atoms with Crippen LogP contribution in [0.5, 0.6) is 0 Å². The van der Waals surface area contributed by atoms with Crippen LogP contribution >= 0.6 is 0 Å². The topological polar surface area (TPSA) is 43.0 Å². The van der Waals surface area contributed by atoms with Crippen molar-refractivity contribution >= 4 is 5.69 Å². The van der Waals surface area contributed by atoms with E-state index in [4.69, 9.17) is 21.5 Å². The molecule has 0 aliphatic heterocycles. The highest BCUT2D eigenvalue weighted by Gasteiger charge is 2.53. The number of benzene rings is 6.